The summed E-state index contributed by atoms with van der Waals surface area (Å²) < 4.78 is 5.43. The van der Waals surface area contributed by atoms with Crippen molar-refractivity contribution in [2.45, 2.75) is 13.3 Å². The van der Waals surface area contributed by atoms with Gasteiger partial charge in [0.05, 0.1) is 11.3 Å². The number of pyridine rings is 3. The quantitative estimate of drug-likeness (QED) is 0.456. The van der Waals surface area contributed by atoms with Gasteiger partial charge in [0, 0.05) is 49.1 Å². The Balaban J connectivity index is 1.42. The van der Waals surface area contributed by atoms with Gasteiger partial charge in [-0.05, 0) is 36.8 Å². The summed E-state index contributed by atoms with van der Waals surface area (Å²) in [6, 6.07) is 7.04. The number of ketones is 1. The Hall–Kier alpha value is -3.99. The lowest BCUT2D eigenvalue weighted by Crippen LogP contribution is -2.51. The van der Waals surface area contributed by atoms with Crippen molar-refractivity contribution in [1.29, 1.82) is 0 Å². The minimum Gasteiger partial charge on any atom is -0.477 e. The second kappa shape index (κ2) is 8.17. The molecule has 0 amide bonds. The van der Waals surface area contributed by atoms with Crippen LogP contribution in [0, 0.1) is 12.8 Å². The van der Waals surface area contributed by atoms with Gasteiger partial charge in [-0.3, -0.25) is 19.1 Å². The Bertz CT molecular complexity index is 1440. The van der Waals surface area contributed by atoms with Crippen LogP contribution in [0.5, 0.6) is 0 Å². The number of carboxylic acid groups (broad SMARTS) is 1. The second-order valence-corrected chi connectivity index (χ2v) is 8.64. The van der Waals surface area contributed by atoms with Crippen LogP contribution >= 0.6 is 11.5 Å². The maximum Gasteiger partial charge on any atom is 0.341 e. The van der Waals surface area contributed by atoms with Crippen molar-refractivity contribution in [2.75, 3.05) is 18.0 Å². The molecule has 0 aliphatic carbocycles. The molecule has 33 heavy (non-hydrogen) atoms. The molecule has 5 rings (SSSR count). The molecule has 4 aromatic heterocycles. The van der Waals surface area contributed by atoms with Crippen molar-refractivity contribution in [1.82, 2.24) is 23.9 Å². The van der Waals surface area contributed by atoms with E-state index in [1.54, 1.807) is 18.3 Å². The van der Waals surface area contributed by atoms with Crippen LogP contribution in [0.15, 0.2) is 47.8 Å². The number of hydrogen-bond acceptors (Lipinski definition) is 9. The van der Waals surface area contributed by atoms with E-state index in [4.69, 9.17) is 0 Å². The number of anilines is 1. The molecule has 1 N–H and O–H groups in total. The highest BCUT2D eigenvalue weighted by Crippen LogP contribution is 2.27. The van der Waals surface area contributed by atoms with E-state index in [-0.39, 0.29) is 28.3 Å². The number of rotatable bonds is 6. The third-order valence-corrected chi connectivity index (χ3v) is 6.28. The maximum atomic E-state index is 12.7. The summed E-state index contributed by atoms with van der Waals surface area (Å²) in [5.74, 6) is -0.719. The Morgan fingerprint density at radius 2 is 2.03 bits per heavy atom. The largest absolute Gasteiger partial charge is 0.477 e. The van der Waals surface area contributed by atoms with E-state index >= 15 is 0 Å². The molecule has 4 aromatic rings. The van der Waals surface area contributed by atoms with Crippen molar-refractivity contribution in [3.05, 3.63) is 70.0 Å². The first-order valence-electron chi connectivity index (χ1n) is 10.2. The van der Waals surface area contributed by atoms with Gasteiger partial charge in [0.25, 0.3) is 0 Å². The zero-order valence-electron chi connectivity index (χ0n) is 17.5. The van der Waals surface area contributed by atoms with Crippen molar-refractivity contribution >= 4 is 40.1 Å². The zero-order valence-corrected chi connectivity index (χ0v) is 18.3. The van der Waals surface area contributed by atoms with E-state index in [2.05, 4.69) is 19.3 Å². The molecular formula is C22H18N6O4S. The number of aryl methyl sites for hydroxylation is 1. The van der Waals surface area contributed by atoms with Gasteiger partial charge in [0.1, 0.15) is 23.5 Å². The lowest BCUT2D eigenvalue weighted by Gasteiger charge is -2.39. The van der Waals surface area contributed by atoms with Crippen LogP contribution in [-0.2, 0) is 11.2 Å². The third-order valence-electron chi connectivity index (χ3n) is 5.61. The fourth-order valence-corrected chi connectivity index (χ4v) is 4.34. The smallest absolute Gasteiger partial charge is 0.341 e. The molecular weight excluding hydrogens is 444 g/mol. The molecule has 1 aliphatic heterocycles. The predicted molar refractivity (Wildman–Crippen MR) is 121 cm³/mol. The summed E-state index contributed by atoms with van der Waals surface area (Å²) in [5.41, 5.74) is 1.14. The van der Waals surface area contributed by atoms with Crippen LogP contribution in [-0.4, -0.2) is 53.8 Å². The Kier molecular flexibility index (Phi) is 5.17. The van der Waals surface area contributed by atoms with Crippen LogP contribution in [0.25, 0.3) is 16.2 Å². The molecule has 0 bridgehead atoms. The van der Waals surface area contributed by atoms with Crippen LogP contribution in [0.3, 0.4) is 0 Å². The lowest BCUT2D eigenvalue weighted by molar-refractivity contribution is -0.123. The molecule has 1 aliphatic rings. The first kappa shape index (κ1) is 20.9. The van der Waals surface area contributed by atoms with Gasteiger partial charge in [0.2, 0.25) is 10.6 Å². The number of aromatic carboxylic acids is 1. The van der Waals surface area contributed by atoms with E-state index in [0.29, 0.717) is 30.5 Å². The van der Waals surface area contributed by atoms with Crippen molar-refractivity contribution in [2.24, 2.45) is 5.92 Å². The fourth-order valence-electron chi connectivity index (χ4n) is 3.83. The van der Waals surface area contributed by atoms with Gasteiger partial charge in [-0.25, -0.2) is 14.8 Å². The summed E-state index contributed by atoms with van der Waals surface area (Å²) in [7, 11) is 0. The van der Waals surface area contributed by atoms with Gasteiger partial charge in [-0.15, -0.1) is 0 Å². The molecule has 0 atom stereocenters. The SMILES string of the molecule is Cc1ccnc(CC(=O)C2CN(c3ccc4c(=O)c(C(=O)O)cn(-c5ncns5)c4n3)C2)c1. The first-order valence-corrected chi connectivity index (χ1v) is 10.9. The van der Waals surface area contributed by atoms with Gasteiger partial charge in [-0.2, -0.15) is 4.37 Å². The van der Waals surface area contributed by atoms with Gasteiger partial charge in [0.15, 0.2) is 5.65 Å². The monoisotopic (exact) mass is 462 g/mol. The summed E-state index contributed by atoms with van der Waals surface area (Å²) >= 11 is 1.06. The molecule has 166 valence electrons. The molecule has 0 aromatic carbocycles. The van der Waals surface area contributed by atoms with Crippen LogP contribution < -0.4 is 10.3 Å². The van der Waals surface area contributed by atoms with E-state index in [0.717, 1.165) is 22.8 Å². The number of hydrogen-bond donors (Lipinski definition) is 1. The standard InChI is InChI=1S/C22H18N6O4S/c1-12-4-5-23-14(6-12)7-17(29)13-8-27(9-13)18-3-2-15-19(30)16(21(31)32)10-28(20(15)26-18)22-24-11-25-33-22/h2-6,10-11,13H,7-9H2,1H3,(H,31,32). The second-order valence-electron chi connectivity index (χ2n) is 7.88. The van der Waals surface area contributed by atoms with E-state index in [9.17, 15) is 19.5 Å². The minimum atomic E-state index is -1.32. The molecule has 10 nitrogen and oxygen atoms in total. The highest BCUT2D eigenvalue weighted by atomic mass is 32.1. The molecule has 0 radical (unpaired) electrons. The molecule has 11 heteroatoms. The Morgan fingerprint density at radius 1 is 1.21 bits per heavy atom. The molecule has 0 unspecified atom stereocenters. The number of carbonyl (C=O) groups excluding carboxylic acids is 1. The van der Waals surface area contributed by atoms with Crippen molar-refractivity contribution < 1.29 is 14.7 Å². The molecule has 5 heterocycles. The van der Waals surface area contributed by atoms with Crippen LogP contribution in [0.1, 0.15) is 21.6 Å². The summed E-state index contributed by atoms with van der Waals surface area (Å²) in [6.07, 6.45) is 4.57. The van der Waals surface area contributed by atoms with Crippen LogP contribution in [0.2, 0.25) is 0 Å². The van der Waals surface area contributed by atoms with Crippen molar-refractivity contribution in [3.63, 3.8) is 0 Å². The number of fused-ring (bicyclic) bond motifs is 1. The minimum absolute atomic E-state index is 0.121. The average Bonchev–Trinajstić information content (AvgIpc) is 3.27. The topological polar surface area (TPSA) is 131 Å². The van der Waals surface area contributed by atoms with E-state index in [1.165, 1.54) is 17.1 Å². The first-order chi connectivity index (χ1) is 15.9. The predicted octanol–water partition coefficient (Wildman–Crippen LogP) is 1.89. The zero-order chi connectivity index (χ0) is 23.1. The summed E-state index contributed by atoms with van der Waals surface area (Å²) in [6.45, 7) is 2.99. The average molecular weight is 462 g/mol. The Morgan fingerprint density at radius 3 is 2.73 bits per heavy atom. The lowest BCUT2D eigenvalue weighted by atomic mass is 9.92. The van der Waals surface area contributed by atoms with E-state index < -0.39 is 11.4 Å². The highest BCUT2D eigenvalue weighted by Gasteiger charge is 2.33. The van der Waals surface area contributed by atoms with Crippen LogP contribution in [0.4, 0.5) is 5.82 Å². The number of Topliss-reactive ketones (excluding diaryl/α,β-unsaturated/α-hetero) is 1. The highest BCUT2D eigenvalue weighted by molar-refractivity contribution is 7.08. The molecule has 0 saturated carbocycles. The van der Waals surface area contributed by atoms with E-state index in [1.807, 2.05) is 24.0 Å². The number of nitrogens with zero attached hydrogens (tertiary/aromatic N) is 6. The van der Waals surface area contributed by atoms with Crippen molar-refractivity contribution in [3.8, 4) is 5.13 Å². The molecule has 0 spiro atoms. The van der Waals surface area contributed by atoms with Gasteiger partial charge < -0.3 is 10.0 Å². The molecule has 1 saturated heterocycles. The number of carboxylic acids is 1. The normalized spacial score (nSPS) is 13.8. The maximum absolute atomic E-state index is 12.7. The summed E-state index contributed by atoms with van der Waals surface area (Å²) in [4.78, 5) is 51.8. The fraction of sp³-hybridized carbons (Fsp3) is 0.227. The Labute approximate surface area is 191 Å². The van der Waals surface area contributed by atoms with Gasteiger partial charge >= 0.3 is 5.97 Å². The molecule has 1 fully saturated rings. The number of aromatic nitrogens is 5. The number of carbonyl (C=O) groups is 2. The van der Waals surface area contributed by atoms with Gasteiger partial charge in [-0.1, -0.05) is 0 Å². The summed E-state index contributed by atoms with van der Waals surface area (Å²) in [5, 5.41) is 10.00. The third kappa shape index (κ3) is 3.87.